The molecule has 0 aromatic heterocycles. The van der Waals surface area contributed by atoms with Gasteiger partial charge < -0.3 is 0 Å². The van der Waals surface area contributed by atoms with E-state index in [0.29, 0.717) is 0 Å². The van der Waals surface area contributed by atoms with Crippen LogP contribution in [0.25, 0.3) is 0 Å². The van der Waals surface area contributed by atoms with Crippen molar-refractivity contribution in [2.45, 2.75) is 75.1 Å². The van der Waals surface area contributed by atoms with E-state index >= 15 is 0 Å². The molecular formula is C15H27I. The van der Waals surface area contributed by atoms with Crippen LogP contribution in [0.5, 0.6) is 0 Å². The molecule has 2 rings (SSSR count). The first-order valence-corrected chi connectivity index (χ1v) is 8.68. The third-order valence-electron chi connectivity index (χ3n) is 4.96. The van der Waals surface area contributed by atoms with Crippen molar-refractivity contribution in [2.24, 2.45) is 17.8 Å². The van der Waals surface area contributed by atoms with Crippen molar-refractivity contribution in [3.8, 4) is 0 Å². The van der Waals surface area contributed by atoms with E-state index < -0.39 is 0 Å². The van der Waals surface area contributed by atoms with E-state index in [-0.39, 0.29) is 0 Å². The summed E-state index contributed by atoms with van der Waals surface area (Å²) >= 11 is 2.65. The van der Waals surface area contributed by atoms with E-state index in [1.807, 2.05) is 0 Å². The van der Waals surface area contributed by atoms with Gasteiger partial charge >= 0.3 is 0 Å². The van der Waals surface area contributed by atoms with Crippen LogP contribution in [-0.2, 0) is 0 Å². The lowest BCUT2D eigenvalue weighted by Crippen LogP contribution is -2.25. The molecule has 0 heterocycles. The van der Waals surface area contributed by atoms with E-state index in [9.17, 15) is 0 Å². The van der Waals surface area contributed by atoms with E-state index in [2.05, 4.69) is 29.5 Å². The Morgan fingerprint density at radius 2 is 1.31 bits per heavy atom. The molecule has 0 aromatic rings. The number of halogens is 1. The highest BCUT2D eigenvalue weighted by Gasteiger charge is 2.29. The Labute approximate surface area is 115 Å². The maximum absolute atomic E-state index is 2.65. The topological polar surface area (TPSA) is 0 Å². The summed E-state index contributed by atoms with van der Waals surface area (Å²) in [6.45, 7) is 2.34. The van der Waals surface area contributed by atoms with Gasteiger partial charge in [0, 0.05) is 3.92 Å². The zero-order valence-corrected chi connectivity index (χ0v) is 12.9. The average molecular weight is 334 g/mol. The second-order valence-electron chi connectivity index (χ2n) is 6.08. The molecule has 2 fully saturated rings. The summed E-state index contributed by atoms with van der Waals surface area (Å²) < 4.78 is 0.991. The number of alkyl halides is 1. The summed E-state index contributed by atoms with van der Waals surface area (Å²) in [6.07, 6.45) is 15.2. The number of hydrogen-bond donors (Lipinski definition) is 0. The summed E-state index contributed by atoms with van der Waals surface area (Å²) in [5.41, 5.74) is 0. The second-order valence-corrected chi connectivity index (χ2v) is 7.84. The fourth-order valence-corrected chi connectivity index (χ4v) is 4.63. The van der Waals surface area contributed by atoms with Gasteiger partial charge in [0.25, 0.3) is 0 Å². The van der Waals surface area contributed by atoms with Crippen molar-refractivity contribution in [3.05, 3.63) is 0 Å². The molecule has 0 saturated heterocycles. The molecule has 94 valence electrons. The maximum Gasteiger partial charge on any atom is 0.0110 e. The SMILES string of the molecule is CCCC1CCC(C2CCC(I)CC2)CC1. The lowest BCUT2D eigenvalue weighted by Gasteiger charge is -2.37. The van der Waals surface area contributed by atoms with Gasteiger partial charge in [-0.15, -0.1) is 0 Å². The highest BCUT2D eigenvalue weighted by Crippen LogP contribution is 2.41. The number of hydrogen-bond acceptors (Lipinski definition) is 0. The third kappa shape index (κ3) is 3.61. The molecule has 2 saturated carbocycles. The van der Waals surface area contributed by atoms with E-state index in [0.717, 1.165) is 21.7 Å². The Morgan fingerprint density at radius 1 is 0.812 bits per heavy atom. The van der Waals surface area contributed by atoms with Crippen LogP contribution in [-0.4, -0.2) is 3.92 Å². The van der Waals surface area contributed by atoms with Crippen molar-refractivity contribution in [3.63, 3.8) is 0 Å². The molecule has 0 N–H and O–H groups in total. The van der Waals surface area contributed by atoms with Gasteiger partial charge in [-0.05, 0) is 56.3 Å². The van der Waals surface area contributed by atoms with Gasteiger partial charge in [0.2, 0.25) is 0 Å². The van der Waals surface area contributed by atoms with Crippen LogP contribution >= 0.6 is 22.6 Å². The van der Waals surface area contributed by atoms with Gasteiger partial charge in [-0.2, -0.15) is 0 Å². The molecule has 2 aliphatic carbocycles. The molecule has 2 aliphatic rings. The Bertz CT molecular complexity index is 186. The van der Waals surface area contributed by atoms with E-state index in [1.165, 1.54) is 38.5 Å². The summed E-state index contributed by atoms with van der Waals surface area (Å²) in [5.74, 6) is 3.30. The quantitative estimate of drug-likeness (QED) is 0.466. The minimum Gasteiger partial charge on any atom is -0.0826 e. The first kappa shape index (κ1) is 13.2. The first-order valence-electron chi connectivity index (χ1n) is 7.43. The fourth-order valence-electron chi connectivity index (χ4n) is 3.91. The summed E-state index contributed by atoms with van der Waals surface area (Å²) in [4.78, 5) is 0. The molecule has 0 bridgehead atoms. The Morgan fingerprint density at radius 3 is 1.81 bits per heavy atom. The van der Waals surface area contributed by atoms with Crippen molar-refractivity contribution >= 4 is 22.6 Å². The molecule has 1 heteroatoms. The van der Waals surface area contributed by atoms with Crippen LogP contribution in [0.3, 0.4) is 0 Å². The Hall–Kier alpha value is 0.730. The van der Waals surface area contributed by atoms with Crippen molar-refractivity contribution < 1.29 is 0 Å². The maximum atomic E-state index is 2.65. The second kappa shape index (κ2) is 6.61. The highest BCUT2D eigenvalue weighted by atomic mass is 127. The molecule has 16 heavy (non-hydrogen) atoms. The lowest BCUT2D eigenvalue weighted by molar-refractivity contribution is 0.166. The van der Waals surface area contributed by atoms with Crippen LogP contribution < -0.4 is 0 Å². The molecule has 0 amide bonds. The van der Waals surface area contributed by atoms with Crippen molar-refractivity contribution in [1.29, 1.82) is 0 Å². The molecule has 0 spiro atoms. The predicted octanol–water partition coefficient (Wildman–Crippen LogP) is 5.59. The molecule has 0 radical (unpaired) electrons. The van der Waals surface area contributed by atoms with Crippen molar-refractivity contribution in [1.82, 2.24) is 0 Å². The first-order chi connectivity index (χ1) is 7.79. The molecule has 0 aromatic carbocycles. The van der Waals surface area contributed by atoms with E-state index in [4.69, 9.17) is 0 Å². The summed E-state index contributed by atoms with van der Waals surface area (Å²) in [5, 5.41) is 0. The molecule has 0 aliphatic heterocycles. The fraction of sp³-hybridized carbons (Fsp3) is 1.00. The largest absolute Gasteiger partial charge is 0.0826 e. The molecule has 0 atom stereocenters. The van der Waals surface area contributed by atoms with Gasteiger partial charge in [0.15, 0.2) is 0 Å². The van der Waals surface area contributed by atoms with Gasteiger partial charge in [-0.25, -0.2) is 0 Å². The van der Waals surface area contributed by atoms with Crippen LogP contribution in [0.15, 0.2) is 0 Å². The van der Waals surface area contributed by atoms with Crippen LogP contribution in [0, 0.1) is 17.8 Å². The molecule has 0 nitrogen and oxygen atoms in total. The molecule has 0 unspecified atom stereocenters. The zero-order valence-electron chi connectivity index (χ0n) is 10.8. The van der Waals surface area contributed by atoms with E-state index in [1.54, 1.807) is 25.7 Å². The average Bonchev–Trinajstić information content (AvgIpc) is 2.32. The van der Waals surface area contributed by atoms with Crippen LogP contribution in [0.2, 0.25) is 0 Å². The van der Waals surface area contributed by atoms with Crippen LogP contribution in [0.1, 0.15) is 71.1 Å². The summed E-state index contributed by atoms with van der Waals surface area (Å²) in [7, 11) is 0. The minimum atomic E-state index is 0.991. The lowest BCUT2D eigenvalue weighted by atomic mass is 9.70. The standard InChI is InChI=1S/C15H27I/c1-2-3-12-4-6-13(7-5-12)14-8-10-15(16)11-9-14/h12-15H,2-11H2,1H3. The van der Waals surface area contributed by atoms with Crippen LogP contribution in [0.4, 0.5) is 0 Å². The van der Waals surface area contributed by atoms with Gasteiger partial charge in [-0.1, -0.05) is 55.2 Å². The molecular weight excluding hydrogens is 307 g/mol. The van der Waals surface area contributed by atoms with Gasteiger partial charge in [-0.3, -0.25) is 0 Å². The smallest absolute Gasteiger partial charge is 0.0110 e. The monoisotopic (exact) mass is 334 g/mol. The predicted molar refractivity (Wildman–Crippen MR) is 80.1 cm³/mol. The highest BCUT2D eigenvalue weighted by molar-refractivity contribution is 14.1. The summed E-state index contributed by atoms with van der Waals surface area (Å²) in [6, 6.07) is 0. The van der Waals surface area contributed by atoms with Crippen molar-refractivity contribution in [2.75, 3.05) is 0 Å². The normalized spacial score (nSPS) is 40.9. The zero-order chi connectivity index (χ0) is 11.4. The third-order valence-corrected chi connectivity index (χ3v) is 6.20. The van der Waals surface area contributed by atoms with Gasteiger partial charge in [0.05, 0.1) is 0 Å². The van der Waals surface area contributed by atoms with Gasteiger partial charge in [0.1, 0.15) is 0 Å². The number of rotatable bonds is 3. The minimum absolute atomic E-state index is 0.991. The Balaban J connectivity index is 1.72. The Kier molecular flexibility index (Phi) is 5.44.